The van der Waals surface area contributed by atoms with Gasteiger partial charge in [-0.25, -0.2) is 0 Å². The summed E-state index contributed by atoms with van der Waals surface area (Å²) in [7, 11) is 0. The molecular formula is C14H28. The molecule has 0 amide bonds. The number of allylic oxidation sites excluding steroid dienone is 1. The molecule has 0 saturated carbocycles. The third-order valence-corrected chi connectivity index (χ3v) is 4.07. The van der Waals surface area contributed by atoms with Gasteiger partial charge in [0.15, 0.2) is 0 Å². The van der Waals surface area contributed by atoms with E-state index in [1.807, 2.05) is 0 Å². The summed E-state index contributed by atoms with van der Waals surface area (Å²) in [6.45, 7) is 22.5. The predicted octanol–water partition coefficient (Wildman–Crippen LogP) is 5.05. The molecule has 84 valence electrons. The zero-order valence-corrected chi connectivity index (χ0v) is 11.4. The maximum Gasteiger partial charge on any atom is -0.0145 e. The molecular weight excluding hydrogens is 168 g/mol. The summed E-state index contributed by atoms with van der Waals surface area (Å²) in [5.41, 5.74) is 2.22. The molecule has 0 fully saturated rings. The molecule has 0 spiro atoms. The number of hydrogen-bond donors (Lipinski definition) is 0. The minimum Gasteiger partial charge on any atom is -0.0996 e. The topological polar surface area (TPSA) is 0 Å². The van der Waals surface area contributed by atoms with Crippen LogP contribution in [0, 0.1) is 16.2 Å². The first-order valence-corrected chi connectivity index (χ1v) is 5.56. The van der Waals surface area contributed by atoms with E-state index in [1.165, 1.54) is 12.0 Å². The second-order valence-corrected chi connectivity index (χ2v) is 6.97. The van der Waals surface area contributed by atoms with Crippen molar-refractivity contribution in [3.05, 3.63) is 12.2 Å². The Balaban J connectivity index is 4.76. The Morgan fingerprint density at radius 3 is 1.50 bits per heavy atom. The van der Waals surface area contributed by atoms with Crippen molar-refractivity contribution >= 4 is 0 Å². The van der Waals surface area contributed by atoms with E-state index < -0.39 is 0 Å². The van der Waals surface area contributed by atoms with Crippen LogP contribution in [0.2, 0.25) is 0 Å². The summed E-state index contributed by atoms with van der Waals surface area (Å²) >= 11 is 0. The predicted molar refractivity (Wildman–Crippen MR) is 66.4 cm³/mol. The highest BCUT2D eigenvalue weighted by molar-refractivity contribution is 5.05. The molecule has 14 heavy (non-hydrogen) atoms. The minimum atomic E-state index is 0.247. The molecule has 0 saturated heterocycles. The summed E-state index contributed by atoms with van der Waals surface area (Å²) in [6, 6.07) is 0. The van der Waals surface area contributed by atoms with Crippen molar-refractivity contribution in [3.8, 4) is 0 Å². The lowest BCUT2D eigenvalue weighted by Crippen LogP contribution is -2.34. The van der Waals surface area contributed by atoms with Gasteiger partial charge in [0.2, 0.25) is 0 Å². The molecule has 0 unspecified atom stereocenters. The molecule has 0 aliphatic rings. The second kappa shape index (κ2) is 3.72. The van der Waals surface area contributed by atoms with Gasteiger partial charge in [0, 0.05) is 0 Å². The van der Waals surface area contributed by atoms with E-state index in [1.54, 1.807) is 0 Å². The van der Waals surface area contributed by atoms with Crippen LogP contribution in [0.1, 0.15) is 61.8 Å². The lowest BCUT2D eigenvalue weighted by Gasteiger charge is -2.44. The van der Waals surface area contributed by atoms with Gasteiger partial charge in [-0.05, 0) is 29.6 Å². The van der Waals surface area contributed by atoms with Crippen molar-refractivity contribution in [2.24, 2.45) is 16.2 Å². The van der Waals surface area contributed by atoms with Crippen LogP contribution in [-0.2, 0) is 0 Å². The van der Waals surface area contributed by atoms with E-state index in [2.05, 4.69) is 62.0 Å². The smallest absolute Gasteiger partial charge is 0.0145 e. The van der Waals surface area contributed by atoms with Gasteiger partial charge in [0.25, 0.3) is 0 Å². The fraction of sp³-hybridized carbons (Fsp3) is 0.857. The van der Waals surface area contributed by atoms with Crippen LogP contribution in [0.5, 0.6) is 0 Å². The van der Waals surface area contributed by atoms with Gasteiger partial charge in [-0.2, -0.15) is 0 Å². The summed E-state index contributed by atoms with van der Waals surface area (Å²) in [5, 5.41) is 0. The van der Waals surface area contributed by atoms with Crippen LogP contribution in [0.25, 0.3) is 0 Å². The average molecular weight is 196 g/mol. The molecule has 0 atom stereocenters. The van der Waals surface area contributed by atoms with Crippen LogP contribution in [0.4, 0.5) is 0 Å². The average Bonchev–Trinajstić information content (AvgIpc) is 1.80. The maximum atomic E-state index is 4.09. The molecule has 0 N–H and O–H groups in total. The van der Waals surface area contributed by atoms with E-state index in [-0.39, 0.29) is 5.41 Å². The Morgan fingerprint density at radius 2 is 1.29 bits per heavy atom. The summed E-state index contributed by atoms with van der Waals surface area (Å²) in [4.78, 5) is 0. The molecule has 0 heteroatoms. The van der Waals surface area contributed by atoms with Crippen molar-refractivity contribution in [2.45, 2.75) is 61.8 Å². The Kier molecular flexibility index (Phi) is 3.65. The normalized spacial score (nSPS) is 14.3. The van der Waals surface area contributed by atoms with Gasteiger partial charge in [0.05, 0.1) is 0 Å². The van der Waals surface area contributed by atoms with Crippen molar-refractivity contribution in [3.63, 3.8) is 0 Å². The molecule has 0 rings (SSSR count). The summed E-state index contributed by atoms with van der Waals surface area (Å²) < 4.78 is 0. The second-order valence-electron chi connectivity index (χ2n) is 6.97. The van der Waals surface area contributed by atoms with Gasteiger partial charge in [-0.3, -0.25) is 0 Å². The lowest BCUT2D eigenvalue weighted by atomic mass is 9.61. The molecule has 0 aromatic carbocycles. The monoisotopic (exact) mass is 196 g/mol. The Bertz CT molecular complexity index is 211. The highest BCUT2D eigenvalue weighted by Gasteiger charge is 2.37. The van der Waals surface area contributed by atoms with E-state index in [0.717, 1.165) is 0 Å². The highest BCUT2D eigenvalue weighted by Crippen LogP contribution is 2.47. The maximum absolute atomic E-state index is 4.09. The molecule has 0 aromatic heterocycles. The van der Waals surface area contributed by atoms with Gasteiger partial charge >= 0.3 is 0 Å². The van der Waals surface area contributed by atoms with Crippen molar-refractivity contribution < 1.29 is 0 Å². The largest absolute Gasteiger partial charge is 0.0996 e. The van der Waals surface area contributed by atoms with Gasteiger partial charge < -0.3 is 0 Å². The SMILES string of the molecule is C=C(C)C(C)(C)CC(C)(C)C(C)(C)C. The minimum absolute atomic E-state index is 0.247. The van der Waals surface area contributed by atoms with Crippen LogP contribution >= 0.6 is 0 Å². The fourth-order valence-corrected chi connectivity index (χ4v) is 1.52. The first kappa shape index (κ1) is 13.7. The molecule has 0 bridgehead atoms. The molecule has 0 nitrogen and oxygen atoms in total. The summed E-state index contributed by atoms with van der Waals surface area (Å²) in [6.07, 6.45) is 1.19. The van der Waals surface area contributed by atoms with Gasteiger partial charge in [-0.1, -0.05) is 60.6 Å². The first-order chi connectivity index (χ1) is 5.90. The molecule has 0 aliphatic heterocycles. The Hall–Kier alpha value is -0.260. The van der Waals surface area contributed by atoms with Crippen LogP contribution < -0.4 is 0 Å². The summed E-state index contributed by atoms with van der Waals surface area (Å²) in [5.74, 6) is 0. The quantitative estimate of drug-likeness (QED) is 0.554. The van der Waals surface area contributed by atoms with E-state index in [9.17, 15) is 0 Å². The van der Waals surface area contributed by atoms with E-state index in [4.69, 9.17) is 0 Å². The first-order valence-electron chi connectivity index (χ1n) is 5.56. The number of rotatable bonds is 3. The third kappa shape index (κ3) is 3.15. The molecule has 0 heterocycles. The van der Waals surface area contributed by atoms with Crippen LogP contribution in [0.3, 0.4) is 0 Å². The highest BCUT2D eigenvalue weighted by atomic mass is 14.4. The standard InChI is InChI=1S/C14H28/c1-11(2)13(6,7)10-14(8,9)12(3,4)5/h1,10H2,2-9H3. The van der Waals surface area contributed by atoms with E-state index >= 15 is 0 Å². The van der Waals surface area contributed by atoms with Crippen molar-refractivity contribution in [1.82, 2.24) is 0 Å². The van der Waals surface area contributed by atoms with Crippen molar-refractivity contribution in [1.29, 1.82) is 0 Å². The molecule has 0 aliphatic carbocycles. The Morgan fingerprint density at radius 1 is 0.929 bits per heavy atom. The van der Waals surface area contributed by atoms with Crippen molar-refractivity contribution in [2.75, 3.05) is 0 Å². The number of hydrogen-bond acceptors (Lipinski definition) is 0. The molecule has 0 aromatic rings. The zero-order valence-electron chi connectivity index (χ0n) is 11.4. The third-order valence-electron chi connectivity index (χ3n) is 4.07. The van der Waals surface area contributed by atoms with Gasteiger partial charge in [0.1, 0.15) is 0 Å². The Labute approximate surface area is 90.8 Å². The van der Waals surface area contributed by atoms with Crippen LogP contribution in [0.15, 0.2) is 12.2 Å². The molecule has 0 radical (unpaired) electrons. The lowest BCUT2D eigenvalue weighted by molar-refractivity contribution is 0.0802. The van der Waals surface area contributed by atoms with E-state index in [0.29, 0.717) is 10.8 Å². The van der Waals surface area contributed by atoms with Gasteiger partial charge in [-0.15, -0.1) is 0 Å². The van der Waals surface area contributed by atoms with Crippen LogP contribution in [-0.4, -0.2) is 0 Å². The fourth-order valence-electron chi connectivity index (χ4n) is 1.52. The zero-order chi connectivity index (χ0) is 11.8.